The van der Waals surface area contributed by atoms with Crippen molar-refractivity contribution in [1.29, 1.82) is 5.26 Å². The van der Waals surface area contributed by atoms with Crippen LogP contribution in [-0.4, -0.2) is 15.4 Å². The van der Waals surface area contributed by atoms with Crippen LogP contribution in [0.3, 0.4) is 0 Å². The van der Waals surface area contributed by atoms with E-state index < -0.39 is 10.8 Å². The first-order valence-electron chi connectivity index (χ1n) is 7.20. The minimum Gasteiger partial charge on any atom is -0.253 e. The summed E-state index contributed by atoms with van der Waals surface area (Å²) in [5.74, 6) is 0. The standard InChI is InChI=1S/C19H13BrN2OS/c1-24(23)19-17(12-21)16(13-5-3-2-4-6-13)11-18(22-19)14-7-9-15(20)10-8-14/h2-11H,1H3/t24-/m0/s1. The number of nitriles is 1. The van der Waals surface area contributed by atoms with Gasteiger partial charge >= 0.3 is 0 Å². The third-order valence-corrected chi connectivity index (χ3v) is 4.96. The number of aromatic nitrogens is 1. The molecule has 1 heterocycles. The normalized spacial score (nSPS) is 11.7. The highest BCUT2D eigenvalue weighted by molar-refractivity contribution is 9.10. The van der Waals surface area contributed by atoms with Gasteiger partial charge in [-0.05, 0) is 23.8 Å². The molecule has 0 bridgehead atoms. The fraction of sp³-hybridized carbons (Fsp3) is 0.0526. The Morgan fingerprint density at radius 3 is 2.29 bits per heavy atom. The SMILES string of the molecule is C[S@](=O)c1nc(-c2ccc(Br)cc2)cc(-c2ccccc2)c1C#N. The highest BCUT2D eigenvalue weighted by Gasteiger charge is 2.17. The number of hydrogen-bond donors (Lipinski definition) is 0. The number of benzene rings is 2. The molecule has 0 saturated heterocycles. The smallest absolute Gasteiger partial charge is 0.146 e. The van der Waals surface area contributed by atoms with Crippen molar-refractivity contribution in [2.24, 2.45) is 0 Å². The average Bonchev–Trinajstić information content (AvgIpc) is 2.62. The molecule has 5 heteroatoms. The maximum atomic E-state index is 12.1. The lowest BCUT2D eigenvalue weighted by Gasteiger charge is -2.11. The van der Waals surface area contributed by atoms with Crippen LogP contribution < -0.4 is 0 Å². The van der Waals surface area contributed by atoms with Crippen LogP contribution in [0.4, 0.5) is 0 Å². The van der Waals surface area contributed by atoms with Gasteiger partial charge in [-0.3, -0.25) is 4.21 Å². The van der Waals surface area contributed by atoms with E-state index in [0.29, 0.717) is 16.3 Å². The van der Waals surface area contributed by atoms with Crippen LogP contribution >= 0.6 is 15.9 Å². The Morgan fingerprint density at radius 1 is 1.04 bits per heavy atom. The van der Waals surface area contributed by atoms with Crippen LogP contribution in [0.15, 0.2) is 70.2 Å². The summed E-state index contributed by atoms with van der Waals surface area (Å²) < 4.78 is 13.1. The summed E-state index contributed by atoms with van der Waals surface area (Å²) in [7, 11) is -1.36. The molecule has 3 nitrogen and oxygen atoms in total. The van der Waals surface area contributed by atoms with E-state index in [4.69, 9.17) is 0 Å². The molecule has 0 saturated carbocycles. The fourth-order valence-corrected chi connectivity index (χ4v) is 3.39. The summed E-state index contributed by atoms with van der Waals surface area (Å²) in [6, 6.07) is 21.4. The zero-order chi connectivity index (χ0) is 17.1. The first kappa shape index (κ1) is 16.6. The fourth-order valence-electron chi connectivity index (χ4n) is 2.45. The molecular formula is C19H13BrN2OS. The molecule has 3 rings (SSSR count). The van der Waals surface area contributed by atoms with E-state index in [-0.39, 0.29) is 0 Å². The molecule has 3 aromatic rings. The van der Waals surface area contributed by atoms with Gasteiger partial charge in [-0.25, -0.2) is 4.98 Å². The van der Waals surface area contributed by atoms with Gasteiger partial charge in [-0.15, -0.1) is 0 Å². The summed E-state index contributed by atoms with van der Waals surface area (Å²) in [6.45, 7) is 0. The van der Waals surface area contributed by atoms with Gasteiger partial charge in [0.15, 0.2) is 0 Å². The first-order valence-corrected chi connectivity index (χ1v) is 9.55. The van der Waals surface area contributed by atoms with Crippen molar-refractivity contribution in [3.8, 4) is 28.5 Å². The van der Waals surface area contributed by atoms with Gasteiger partial charge in [-0.2, -0.15) is 5.26 Å². The number of rotatable bonds is 3. The van der Waals surface area contributed by atoms with Crippen LogP contribution in [0.1, 0.15) is 5.56 Å². The maximum Gasteiger partial charge on any atom is 0.146 e. The summed E-state index contributed by atoms with van der Waals surface area (Å²) >= 11 is 3.42. The lowest BCUT2D eigenvalue weighted by molar-refractivity contribution is 0.684. The Labute approximate surface area is 151 Å². The van der Waals surface area contributed by atoms with Crippen molar-refractivity contribution in [2.75, 3.05) is 6.26 Å². The molecule has 0 spiro atoms. The topological polar surface area (TPSA) is 53.8 Å². The van der Waals surface area contributed by atoms with Gasteiger partial charge in [0.25, 0.3) is 0 Å². The Bertz CT molecular complexity index is 948. The molecule has 0 aliphatic carbocycles. The molecule has 0 N–H and O–H groups in total. The molecule has 0 aliphatic rings. The van der Waals surface area contributed by atoms with Crippen molar-refractivity contribution in [2.45, 2.75) is 5.03 Å². The Kier molecular flexibility index (Phi) is 4.89. The zero-order valence-electron chi connectivity index (χ0n) is 12.9. The van der Waals surface area contributed by atoms with Crippen molar-refractivity contribution in [3.63, 3.8) is 0 Å². The van der Waals surface area contributed by atoms with Crippen molar-refractivity contribution in [3.05, 3.63) is 70.7 Å². The molecular weight excluding hydrogens is 384 g/mol. The molecule has 118 valence electrons. The lowest BCUT2D eigenvalue weighted by Crippen LogP contribution is -2.01. The molecule has 24 heavy (non-hydrogen) atoms. The van der Waals surface area contributed by atoms with Crippen LogP contribution in [0.5, 0.6) is 0 Å². The minimum absolute atomic E-state index is 0.316. The highest BCUT2D eigenvalue weighted by Crippen LogP contribution is 2.31. The van der Waals surface area contributed by atoms with Gasteiger partial charge < -0.3 is 0 Å². The number of pyridine rings is 1. The Balaban J connectivity index is 2.29. The molecule has 1 aromatic heterocycles. The van der Waals surface area contributed by atoms with E-state index in [2.05, 4.69) is 27.0 Å². The molecule has 0 fully saturated rings. The number of halogens is 1. The molecule has 2 aromatic carbocycles. The third-order valence-electron chi connectivity index (χ3n) is 3.60. The molecule has 0 unspecified atom stereocenters. The second-order valence-corrected chi connectivity index (χ2v) is 7.38. The first-order chi connectivity index (χ1) is 11.6. The second-order valence-electron chi connectivity index (χ2n) is 5.17. The highest BCUT2D eigenvalue weighted by atomic mass is 79.9. The average molecular weight is 397 g/mol. The zero-order valence-corrected chi connectivity index (χ0v) is 15.3. The van der Waals surface area contributed by atoms with Crippen molar-refractivity contribution in [1.82, 2.24) is 4.98 Å². The summed E-state index contributed by atoms with van der Waals surface area (Å²) in [6.07, 6.45) is 1.54. The third kappa shape index (κ3) is 3.30. The Morgan fingerprint density at radius 2 is 1.71 bits per heavy atom. The van der Waals surface area contributed by atoms with Crippen molar-refractivity contribution < 1.29 is 4.21 Å². The predicted octanol–water partition coefficient (Wildman–Crippen LogP) is 4.79. The quantitative estimate of drug-likeness (QED) is 0.639. The largest absolute Gasteiger partial charge is 0.253 e. The summed E-state index contributed by atoms with van der Waals surface area (Å²) in [5.41, 5.74) is 3.62. The number of hydrogen-bond acceptors (Lipinski definition) is 3. The minimum atomic E-state index is -1.36. The van der Waals surface area contributed by atoms with Gasteiger partial charge in [-0.1, -0.05) is 58.4 Å². The van der Waals surface area contributed by atoms with E-state index in [1.54, 1.807) is 6.26 Å². The Hall–Kier alpha value is -2.29. The molecule has 1 atom stereocenters. The molecule has 0 amide bonds. The van der Waals surface area contributed by atoms with E-state index in [0.717, 1.165) is 21.2 Å². The molecule has 0 aliphatic heterocycles. The van der Waals surface area contributed by atoms with Crippen LogP contribution in [0.2, 0.25) is 0 Å². The van der Waals surface area contributed by atoms with Crippen molar-refractivity contribution >= 4 is 26.7 Å². The molecule has 0 radical (unpaired) electrons. The number of nitrogens with zero attached hydrogens (tertiary/aromatic N) is 2. The van der Waals surface area contributed by atoms with E-state index in [1.165, 1.54) is 0 Å². The lowest BCUT2D eigenvalue weighted by atomic mass is 9.99. The van der Waals surface area contributed by atoms with Gasteiger partial charge in [0.05, 0.1) is 22.1 Å². The van der Waals surface area contributed by atoms with E-state index in [1.807, 2.05) is 60.7 Å². The van der Waals surface area contributed by atoms with Crippen LogP contribution in [-0.2, 0) is 10.8 Å². The maximum absolute atomic E-state index is 12.1. The van der Waals surface area contributed by atoms with Gasteiger partial charge in [0, 0.05) is 21.9 Å². The van der Waals surface area contributed by atoms with E-state index >= 15 is 0 Å². The monoisotopic (exact) mass is 396 g/mol. The summed E-state index contributed by atoms with van der Waals surface area (Å²) in [5, 5.41) is 9.89. The van der Waals surface area contributed by atoms with Crippen LogP contribution in [0.25, 0.3) is 22.4 Å². The summed E-state index contributed by atoms with van der Waals surface area (Å²) in [4.78, 5) is 4.49. The van der Waals surface area contributed by atoms with E-state index in [9.17, 15) is 9.47 Å². The predicted molar refractivity (Wildman–Crippen MR) is 99.9 cm³/mol. The van der Waals surface area contributed by atoms with Gasteiger partial charge in [0.1, 0.15) is 11.1 Å². The van der Waals surface area contributed by atoms with Gasteiger partial charge in [0.2, 0.25) is 0 Å². The van der Waals surface area contributed by atoms with Crippen LogP contribution in [0, 0.1) is 11.3 Å². The second kappa shape index (κ2) is 7.08.